The van der Waals surface area contributed by atoms with Crippen LogP contribution >= 0.6 is 0 Å². The fourth-order valence-electron chi connectivity index (χ4n) is 2.08. The largest absolute Gasteiger partial charge is 0.493 e. The Morgan fingerprint density at radius 3 is 2.29 bits per heavy atom. The third-order valence-electron chi connectivity index (χ3n) is 3.18. The van der Waals surface area contributed by atoms with Gasteiger partial charge in [0.05, 0.1) is 14.2 Å². The van der Waals surface area contributed by atoms with E-state index in [2.05, 4.69) is 5.18 Å². The van der Waals surface area contributed by atoms with Crippen molar-refractivity contribution in [3.05, 3.63) is 46.9 Å². The van der Waals surface area contributed by atoms with Crippen LogP contribution in [0, 0.1) is 4.91 Å². The van der Waals surface area contributed by atoms with E-state index in [4.69, 9.17) is 9.47 Å². The molecule has 0 spiro atoms. The predicted octanol–water partition coefficient (Wildman–Crippen LogP) is 3.97. The molecular formula is C16H15NO4. The van der Waals surface area contributed by atoms with Gasteiger partial charge in [0.1, 0.15) is 5.69 Å². The van der Waals surface area contributed by atoms with Crippen molar-refractivity contribution in [3.63, 3.8) is 0 Å². The lowest BCUT2D eigenvalue weighted by molar-refractivity contribution is 0.101. The molecule has 0 aromatic heterocycles. The standard InChI is InChI=1S/C16H15NO4/c1-10(18)11-5-4-6-12(7-11)13-8-15(20-2)16(21-3)9-14(13)17-19/h4-9H,1-3H3. The van der Waals surface area contributed by atoms with Crippen molar-refractivity contribution in [2.75, 3.05) is 14.2 Å². The summed E-state index contributed by atoms with van der Waals surface area (Å²) in [5.41, 5.74) is 2.11. The van der Waals surface area contributed by atoms with E-state index in [1.54, 1.807) is 24.3 Å². The van der Waals surface area contributed by atoms with Crippen LogP contribution in [0.2, 0.25) is 0 Å². The van der Waals surface area contributed by atoms with Gasteiger partial charge >= 0.3 is 0 Å². The molecule has 0 N–H and O–H groups in total. The second-order valence-corrected chi connectivity index (χ2v) is 4.45. The molecular weight excluding hydrogens is 270 g/mol. The van der Waals surface area contributed by atoms with Crippen LogP contribution in [-0.4, -0.2) is 20.0 Å². The summed E-state index contributed by atoms with van der Waals surface area (Å²) in [6, 6.07) is 10.2. The maximum atomic E-state index is 11.5. The topological polar surface area (TPSA) is 65.0 Å². The van der Waals surface area contributed by atoms with Gasteiger partial charge in [-0.1, -0.05) is 18.2 Å². The predicted molar refractivity (Wildman–Crippen MR) is 80.4 cm³/mol. The SMILES string of the molecule is COc1cc(N=O)c(-c2cccc(C(C)=O)c2)cc1OC. The van der Waals surface area contributed by atoms with E-state index in [9.17, 15) is 9.70 Å². The van der Waals surface area contributed by atoms with Crippen LogP contribution in [0.4, 0.5) is 5.69 Å². The first kappa shape index (κ1) is 14.7. The van der Waals surface area contributed by atoms with Gasteiger partial charge in [0.15, 0.2) is 17.3 Å². The summed E-state index contributed by atoms with van der Waals surface area (Å²) in [7, 11) is 3.00. The molecule has 0 amide bonds. The minimum Gasteiger partial charge on any atom is -0.493 e. The molecule has 0 aliphatic rings. The molecule has 2 aromatic carbocycles. The second kappa shape index (κ2) is 6.17. The number of nitroso groups, excluding NO2 is 1. The number of methoxy groups -OCH3 is 2. The van der Waals surface area contributed by atoms with Crippen molar-refractivity contribution in [2.45, 2.75) is 6.92 Å². The number of ether oxygens (including phenoxy) is 2. The van der Waals surface area contributed by atoms with E-state index in [0.717, 1.165) is 5.56 Å². The van der Waals surface area contributed by atoms with E-state index >= 15 is 0 Å². The van der Waals surface area contributed by atoms with E-state index in [-0.39, 0.29) is 11.5 Å². The zero-order valence-corrected chi connectivity index (χ0v) is 12.0. The molecule has 108 valence electrons. The third-order valence-corrected chi connectivity index (χ3v) is 3.18. The quantitative estimate of drug-likeness (QED) is 0.616. The van der Waals surface area contributed by atoms with Crippen LogP contribution in [-0.2, 0) is 0 Å². The minimum atomic E-state index is -0.0436. The van der Waals surface area contributed by atoms with Gasteiger partial charge in [-0.25, -0.2) is 0 Å². The van der Waals surface area contributed by atoms with Gasteiger partial charge in [0.25, 0.3) is 0 Å². The van der Waals surface area contributed by atoms with Crippen molar-refractivity contribution in [1.29, 1.82) is 0 Å². The van der Waals surface area contributed by atoms with Crippen LogP contribution < -0.4 is 9.47 Å². The number of Topliss-reactive ketones (excluding diaryl/α,β-unsaturated/α-hetero) is 1. The van der Waals surface area contributed by atoms with E-state index in [0.29, 0.717) is 22.6 Å². The van der Waals surface area contributed by atoms with Gasteiger partial charge in [0, 0.05) is 17.2 Å². The number of hydrogen-bond acceptors (Lipinski definition) is 5. The number of ketones is 1. The molecule has 0 saturated heterocycles. The molecule has 2 rings (SSSR count). The summed E-state index contributed by atoms with van der Waals surface area (Å²) in [6.45, 7) is 1.49. The molecule has 2 aromatic rings. The summed E-state index contributed by atoms with van der Waals surface area (Å²) in [6.07, 6.45) is 0. The summed E-state index contributed by atoms with van der Waals surface area (Å²) < 4.78 is 10.4. The lowest BCUT2D eigenvalue weighted by atomic mass is 9.99. The van der Waals surface area contributed by atoms with Crippen LogP contribution in [0.3, 0.4) is 0 Å². The highest BCUT2D eigenvalue weighted by Crippen LogP contribution is 2.40. The van der Waals surface area contributed by atoms with Crippen molar-refractivity contribution in [2.24, 2.45) is 5.18 Å². The molecule has 0 radical (unpaired) electrons. The molecule has 0 fully saturated rings. The summed E-state index contributed by atoms with van der Waals surface area (Å²) in [4.78, 5) is 22.6. The zero-order valence-electron chi connectivity index (χ0n) is 12.0. The van der Waals surface area contributed by atoms with E-state index in [1.807, 2.05) is 6.07 Å². The maximum Gasteiger partial charge on any atom is 0.163 e. The Labute approximate surface area is 122 Å². The average Bonchev–Trinajstić information content (AvgIpc) is 2.53. The average molecular weight is 285 g/mol. The highest BCUT2D eigenvalue weighted by Gasteiger charge is 2.14. The lowest BCUT2D eigenvalue weighted by Crippen LogP contribution is -1.94. The van der Waals surface area contributed by atoms with Crippen LogP contribution in [0.5, 0.6) is 11.5 Å². The highest BCUT2D eigenvalue weighted by atomic mass is 16.5. The van der Waals surface area contributed by atoms with Crippen molar-refractivity contribution >= 4 is 11.5 Å². The first-order chi connectivity index (χ1) is 10.1. The fraction of sp³-hybridized carbons (Fsp3) is 0.188. The minimum absolute atomic E-state index is 0.0436. The van der Waals surface area contributed by atoms with Gasteiger partial charge in [-0.2, -0.15) is 0 Å². The number of benzene rings is 2. The monoisotopic (exact) mass is 285 g/mol. The Balaban J connectivity index is 2.64. The number of carbonyl (C=O) groups excluding carboxylic acids is 1. The van der Waals surface area contributed by atoms with Crippen LogP contribution in [0.1, 0.15) is 17.3 Å². The van der Waals surface area contributed by atoms with Gasteiger partial charge < -0.3 is 9.47 Å². The number of carbonyl (C=O) groups is 1. The first-order valence-electron chi connectivity index (χ1n) is 6.31. The summed E-state index contributed by atoms with van der Waals surface area (Å²) >= 11 is 0. The molecule has 0 aliphatic carbocycles. The van der Waals surface area contributed by atoms with E-state index < -0.39 is 0 Å². The van der Waals surface area contributed by atoms with Crippen molar-refractivity contribution in [1.82, 2.24) is 0 Å². The molecule has 0 aliphatic heterocycles. The van der Waals surface area contributed by atoms with Crippen LogP contribution in [0.25, 0.3) is 11.1 Å². The van der Waals surface area contributed by atoms with Gasteiger partial charge in [-0.05, 0) is 29.8 Å². The molecule has 0 bridgehead atoms. The van der Waals surface area contributed by atoms with Crippen molar-refractivity contribution in [3.8, 4) is 22.6 Å². The maximum absolute atomic E-state index is 11.5. The van der Waals surface area contributed by atoms with Gasteiger partial charge in [-0.15, -0.1) is 4.91 Å². The molecule has 0 unspecified atom stereocenters. The van der Waals surface area contributed by atoms with Crippen molar-refractivity contribution < 1.29 is 14.3 Å². The molecule has 0 atom stereocenters. The van der Waals surface area contributed by atoms with Crippen LogP contribution in [0.15, 0.2) is 41.6 Å². The molecule has 5 nitrogen and oxygen atoms in total. The second-order valence-electron chi connectivity index (χ2n) is 4.45. The number of nitrogens with zero attached hydrogens (tertiary/aromatic N) is 1. The Bertz CT molecular complexity index is 695. The Hall–Kier alpha value is -2.69. The van der Waals surface area contributed by atoms with E-state index in [1.165, 1.54) is 27.2 Å². The summed E-state index contributed by atoms with van der Waals surface area (Å²) in [5.74, 6) is 0.879. The molecule has 0 saturated carbocycles. The fourth-order valence-corrected chi connectivity index (χ4v) is 2.08. The Kier molecular flexibility index (Phi) is 4.33. The molecule has 5 heteroatoms. The smallest absolute Gasteiger partial charge is 0.163 e. The lowest BCUT2D eigenvalue weighted by Gasteiger charge is -2.12. The summed E-state index contributed by atoms with van der Waals surface area (Å²) in [5, 5.41) is 3.03. The molecule has 0 heterocycles. The zero-order chi connectivity index (χ0) is 15.4. The normalized spacial score (nSPS) is 10.0. The Morgan fingerprint density at radius 2 is 1.71 bits per heavy atom. The molecule has 21 heavy (non-hydrogen) atoms. The first-order valence-corrected chi connectivity index (χ1v) is 6.31. The van der Waals surface area contributed by atoms with Gasteiger partial charge in [0.2, 0.25) is 0 Å². The third kappa shape index (κ3) is 2.91. The number of rotatable bonds is 5. The number of hydrogen-bond donors (Lipinski definition) is 0. The Morgan fingerprint density at radius 1 is 1.05 bits per heavy atom. The van der Waals surface area contributed by atoms with Gasteiger partial charge in [-0.3, -0.25) is 4.79 Å². The highest BCUT2D eigenvalue weighted by molar-refractivity contribution is 5.95.